The first-order chi connectivity index (χ1) is 12.2. The number of nitrogens with two attached hydrogens (primary N) is 1. The van der Waals surface area contributed by atoms with Crippen molar-refractivity contribution in [2.45, 2.75) is 13.3 Å². The van der Waals surface area contributed by atoms with Crippen molar-refractivity contribution in [3.05, 3.63) is 66.3 Å². The van der Waals surface area contributed by atoms with Crippen LogP contribution in [0.1, 0.15) is 11.7 Å². The zero-order valence-electron chi connectivity index (χ0n) is 14.3. The van der Waals surface area contributed by atoms with E-state index in [1.807, 2.05) is 54.6 Å². The molecule has 1 heterocycles. The quantitative estimate of drug-likeness (QED) is 0.327. The fourth-order valence-electron chi connectivity index (χ4n) is 2.16. The van der Waals surface area contributed by atoms with Crippen molar-refractivity contribution in [3.8, 4) is 11.5 Å². The lowest BCUT2D eigenvalue weighted by molar-refractivity contribution is 0.376. The molecule has 3 rings (SSSR count). The summed E-state index contributed by atoms with van der Waals surface area (Å²) in [6, 6.07) is 17.1. The predicted molar refractivity (Wildman–Crippen MR) is 111 cm³/mol. The second-order valence-corrected chi connectivity index (χ2v) is 5.32. The molecule has 3 aromatic rings. The topological polar surface area (TPSA) is 98.6 Å². The van der Waals surface area contributed by atoms with Gasteiger partial charge in [0.15, 0.2) is 11.8 Å². The highest BCUT2D eigenvalue weighted by Crippen LogP contribution is 2.23. The molecule has 0 bridgehead atoms. The van der Waals surface area contributed by atoms with E-state index in [2.05, 4.69) is 20.4 Å². The minimum absolute atomic E-state index is 0. The van der Waals surface area contributed by atoms with Crippen LogP contribution < -0.4 is 15.8 Å². The van der Waals surface area contributed by atoms with Gasteiger partial charge in [-0.15, -0.1) is 24.0 Å². The highest BCUT2D eigenvalue weighted by molar-refractivity contribution is 14.0. The van der Waals surface area contributed by atoms with Gasteiger partial charge in [0, 0.05) is 18.2 Å². The summed E-state index contributed by atoms with van der Waals surface area (Å²) in [5.41, 5.74) is 6.70. The molecule has 0 aliphatic heterocycles. The Morgan fingerprint density at radius 1 is 1.15 bits per heavy atom. The van der Waals surface area contributed by atoms with E-state index in [1.54, 1.807) is 6.92 Å². The van der Waals surface area contributed by atoms with Crippen molar-refractivity contribution < 1.29 is 9.26 Å². The minimum atomic E-state index is 0. The average Bonchev–Trinajstić information content (AvgIpc) is 3.01. The second-order valence-electron chi connectivity index (χ2n) is 5.32. The molecule has 136 valence electrons. The Labute approximate surface area is 168 Å². The normalized spacial score (nSPS) is 10.9. The van der Waals surface area contributed by atoms with Gasteiger partial charge in [0.1, 0.15) is 11.5 Å². The lowest BCUT2D eigenvalue weighted by Crippen LogP contribution is -2.23. The first-order valence-electron chi connectivity index (χ1n) is 7.88. The van der Waals surface area contributed by atoms with E-state index in [1.165, 1.54) is 0 Å². The van der Waals surface area contributed by atoms with Gasteiger partial charge in [-0.05, 0) is 31.2 Å². The summed E-state index contributed by atoms with van der Waals surface area (Å²) < 4.78 is 10.8. The molecular formula is C18H20IN5O2. The van der Waals surface area contributed by atoms with Crippen LogP contribution >= 0.6 is 24.0 Å². The van der Waals surface area contributed by atoms with Crippen LogP contribution in [0.4, 0.5) is 5.69 Å². The SMILES string of the molecule is Cc1noc(CCN=C(N)Nc2cccc(Oc3ccccc3)c2)n1.I. The maximum absolute atomic E-state index is 5.91. The predicted octanol–water partition coefficient (Wildman–Crippen LogP) is 3.76. The van der Waals surface area contributed by atoms with Crippen LogP contribution in [0, 0.1) is 6.92 Å². The number of hydrogen-bond donors (Lipinski definition) is 2. The number of aliphatic imine (C=N–C) groups is 1. The third-order valence-electron chi connectivity index (χ3n) is 3.26. The molecule has 2 aromatic carbocycles. The first-order valence-corrected chi connectivity index (χ1v) is 7.88. The standard InChI is InChI=1S/C18H19N5O2.HI/c1-13-21-17(25-23-13)10-11-20-18(19)22-14-6-5-9-16(12-14)24-15-7-3-2-4-8-15;/h2-9,12H,10-11H2,1H3,(H3,19,20,22);1H. The largest absolute Gasteiger partial charge is 0.457 e. The molecule has 0 amide bonds. The zero-order chi connectivity index (χ0) is 17.5. The summed E-state index contributed by atoms with van der Waals surface area (Å²) in [6.07, 6.45) is 0.542. The summed E-state index contributed by atoms with van der Waals surface area (Å²) in [5.74, 6) is 2.96. The monoisotopic (exact) mass is 465 g/mol. The number of guanidine groups is 1. The van der Waals surface area contributed by atoms with E-state index < -0.39 is 0 Å². The molecule has 0 fully saturated rings. The molecular weight excluding hydrogens is 445 g/mol. The van der Waals surface area contributed by atoms with Crippen LogP contribution in [0.2, 0.25) is 0 Å². The summed E-state index contributed by atoms with van der Waals surface area (Å²) in [5, 5.41) is 6.77. The van der Waals surface area contributed by atoms with Gasteiger partial charge in [-0.25, -0.2) is 0 Å². The molecule has 0 aliphatic rings. The number of nitrogens with zero attached hydrogens (tertiary/aromatic N) is 3. The Balaban J connectivity index is 0.00000243. The molecule has 0 unspecified atom stereocenters. The maximum atomic E-state index is 5.91. The number of rotatable bonds is 6. The van der Waals surface area contributed by atoms with Gasteiger partial charge < -0.3 is 20.3 Å². The minimum Gasteiger partial charge on any atom is -0.457 e. The fraction of sp³-hybridized carbons (Fsp3) is 0.167. The van der Waals surface area contributed by atoms with Gasteiger partial charge in [-0.1, -0.05) is 29.4 Å². The van der Waals surface area contributed by atoms with Crippen LogP contribution in [0.25, 0.3) is 0 Å². The number of para-hydroxylation sites is 1. The Bertz CT molecular complexity index is 852. The summed E-state index contributed by atoms with van der Waals surface area (Å²) >= 11 is 0. The number of anilines is 1. The molecule has 1 aromatic heterocycles. The molecule has 0 saturated heterocycles. The number of ether oxygens (including phenoxy) is 1. The molecule has 7 nitrogen and oxygen atoms in total. The zero-order valence-corrected chi connectivity index (χ0v) is 16.6. The highest BCUT2D eigenvalue weighted by atomic mass is 127. The van der Waals surface area contributed by atoms with Crippen LogP contribution in [-0.4, -0.2) is 22.6 Å². The highest BCUT2D eigenvalue weighted by Gasteiger charge is 2.03. The van der Waals surface area contributed by atoms with E-state index >= 15 is 0 Å². The fourth-order valence-corrected chi connectivity index (χ4v) is 2.16. The molecule has 26 heavy (non-hydrogen) atoms. The molecule has 0 radical (unpaired) electrons. The van der Waals surface area contributed by atoms with Crippen molar-refractivity contribution >= 4 is 35.6 Å². The van der Waals surface area contributed by atoms with Crippen LogP contribution in [0.3, 0.4) is 0 Å². The van der Waals surface area contributed by atoms with Crippen molar-refractivity contribution in [1.82, 2.24) is 10.1 Å². The number of aryl methyl sites for hydroxylation is 1. The van der Waals surface area contributed by atoms with Gasteiger partial charge >= 0.3 is 0 Å². The molecule has 0 saturated carbocycles. The van der Waals surface area contributed by atoms with Crippen molar-refractivity contribution in [3.63, 3.8) is 0 Å². The second kappa shape index (κ2) is 9.76. The number of hydrogen-bond acceptors (Lipinski definition) is 5. The number of halogens is 1. The van der Waals surface area contributed by atoms with Crippen molar-refractivity contribution in [2.75, 3.05) is 11.9 Å². The molecule has 0 atom stereocenters. The Morgan fingerprint density at radius 2 is 1.92 bits per heavy atom. The smallest absolute Gasteiger partial charge is 0.228 e. The number of nitrogens with one attached hydrogen (secondary N) is 1. The Hall–Kier alpha value is -2.62. The van der Waals surface area contributed by atoms with E-state index in [0.29, 0.717) is 36.4 Å². The molecule has 3 N–H and O–H groups in total. The van der Waals surface area contributed by atoms with Crippen LogP contribution in [0.15, 0.2) is 64.1 Å². The van der Waals surface area contributed by atoms with E-state index in [4.69, 9.17) is 15.0 Å². The Morgan fingerprint density at radius 3 is 2.65 bits per heavy atom. The molecule has 0 aliphatic carbocycles. The third kappa shape index (κ3) is 6.03. The number of benzene rings is 2. The lowest BCUT2D eigenvalue weighted by Gasteiger charge is -2.09. The van der Waals surface area contributed by atoms with E-state index in [-0.39, 0.29) is 24.0 Å². The van der Waals surface area contributed by atoms with E-state index in [9.17, 15) is 0 Å². The molecule has 0 spiro atoms. The maximum Gasteiger partial charge on any atom is 0.228 e. The van der Waals surface area contributed by atoms with Gasteiger partial charge in [0.2, 0.25) is 5.89 Å². The van der Waals surface area contributed by atoms with Crippen molar-refractivity contribution in [1.29, 1.82) is 0 Å². The van der Waals surface area contributed by atoms with Gasteiger partial charge in [0.25, 0.3) is 0 Å². The summed E-state index contributed by atoms with van der Waals surface area (Å²) in [7, 11) is 0. The summed E-state index contributed by atoms with van der Waals surface area (Å²) in [4.78, 5) is 8.37. The number of aromatic nitrogens is 2. The average molecular weight is 465 g/mol. The van der Waals surface area contributed by atoms with Gasteiger partial charge in [-0.3, -0.25) is 4.99 Å². The lowest BCUT2D eigenvalue weighted by atomic mass is 10.3. The van der Waals surface area contributed by atoms with Crippen molar-refractivity contribution in [2.24, 2.45) is 10.7 Å². The first kappa shape index (κ1) is 19.7. The van der Waals surface area contributed by atoms with Gasteiger partial charge in [-0.2, -0.15) is 4.98 Å². The third-order valence-corrected chi connectivity index (χ3v) is 3.26. The van der Waals surface area contributed by atoms with E-state index in [0.717, 1.165) is 11.4 Å². The van der Waals surface area contributed by atoms with Crippen LogP contribution in [0.5, 0.6) is 11.5 Å². The summed E-state index contributed by atoms with van der Waals surface area (Å²) in [6.45, 7) is 2.23. The Kier molecular flexibility index (Phi) is 7.39. The molecule has 8 heteroatoms. The van der Waals surface area contributed by atoms with Crippen LogP contribution in [-0.2, 0) is 6.42 Å². The van der Waals surface area contributed by atoms with Gasteiger partial charge in [0.05, 0.1) is 6.54 Å².